The number of hydrogen-bond acceptors (Lipinski definition) is 1. The number of halogens is 5. The highest BCUT2D eigenvalue weighted by atomic mass is 35.5. The van der Waals surface area contributed by atoms with Gasteiger partial charge in [-0.3, -0.25) is 0 Å². The van der Waals surface area contributed by atoms with E-state index in [4.69, 9.17) is 23.6 Å². The van der Waals surface area contributed by atoms with E-state index in [1.54, 1.807) is 13.8 Å². The fraction of sp³-hybridized carbons (Fsp3) is 0.750. The first kappa shape index (κ1) is 14.1. The fourth-order valence-corrected chi connectivity index (χ4v) is 0.796. The number of alkyl halides is 3. The summed E-state index contributed by atoms with van der Waals surface area (Å²) in [6, 6.07) is 0. The molecular formula is C8H12Cl2F3N. The molecule has 0 saturated heterocycles. The Morgan fingerprint density at radius 1 is 1.07 bits per heavy atom. The van der Waals surface area contributed by atoms with Gasteiger partial charge in [-0.15, -0.1) is 3.94 Å². The second kappa shape index (κ2) is 5.24. The topological polar surface area (TPSA) is 3.24 Å². The third-order valence-electron chi connectivity index (χ3n) is 1.59. The van der Waals surface area contributed by atoms with Gasteiger partial charge < -0.3 is 0 Å². The van der Waals surface area contributed by atoms with E-state index in [0.29, 0.717) is 6.42 Å². The Labute approximate surface area is 91.7 Å². The molecular weight excluding hydrogens is 238 g/mol. The monoisotopic (exact) mass is 249 g/mol. The van der Waals surface area contributed by atoms with Gasteiger partial charge in [-0.05, 0) is 43.8 Å². The van der Waals surface area contributed by atoms with Gasteiger partial charge in [-0.1, -0.05) is 12.2 Å². The van der Waals surface area contributed by atoms with E-state index in [1.807, 2.05) is 0 Å². The Bertz CT molecular complexity index is 199. The first-order valence-electron chi connectivity index (χ1n) is 3.99. The number of allylic oxidation sites excluding steroid dienone is 1. The summed E-state index contributed by atoms with van der Waals surface area (Å²) in [5.41, 5.74) is -0.564. The Morgan fingerprint density at radius 2 is 1.50 bits per heavy atom. The van der Waals surface area contributed by atoms with Crippen LogP contribution in [0.1, 0.15) is 26.7 Å². The minimum absolute atomic E-state index is 0.357. The summed E-state index contributed by atoms with van der Waals surface area (Å²) in [6.07, 6.45) is -2.23. The van der Waals surface area contributed by atoms with Crippen LogP contribution in [0.2, 0.25) is 0 Å². The van der Waals surface area contributed by atoms with Crippen LogP contribution in [0.3, 0.4) is 0 Å². The van der Waals surface area contributed by atoms with E-state index in [2.05, 4.69) is 0 Å². The zero-order valence-corrected chi connectivity index (χ0v) is 9.42. The molecule has 0 aromatic rings. The highest BCUT2D eigenvalue weighted by Crippen LogP contribution is 2.25. The summed E-state index contributed by atoms with van der Waals surface area (Å²) in [5, 5.41) is 0. The molecule has 14 heavy (non-hydrogen) atoms. The van der Waals surface area contributed by atoms with Crippen molar-refractivity contribution < 1.29 is 13.2 Å². The van der Waals surface area contributed by atoms with E-state index in [-0.39, 0.29) is 0 Å². The molecule has 0 saturated carbocycles. The molecule has 0 heterocycles. The highest BCUT2D eigenvalue weighted by molar-refractivity contribution is 6.34. The SMILES string of the molecule is CC(C)(C/C=C/CC(F)(F)F)N(Cl)Cl. The van der Waals surface area contributed by atoms with E-state index in [1.165, 1.54) is 6.08 Å². The van der Waals surface area contributed by atoms with Gasteiger partial charge in [0.2, 0.25) is 0 Å². The maximum Gasteiger partial charge on any atom is 0.392 e. The lowest BCUT2D eigenvalue weighted by molar-refractivity contribution is -0.125. The van der Waals surface area contributed by atoms with Crippen LogP contribution in [0.5, 0.6) is 0 Å². The molecule has 0 aromatic heterocycles. The molecule has 0 spiro atoms. The third kappa shape index (κ3) is 6.51. The van der Waals surface area contributed by atoms with E-state index in [0.717, 1.165) is 10.0 Å². The Morgan fingerprint density at radius 3 is 1.86 bits per heavy atom. The van der Waals surface area contributed by atoms with E-state index in [9.17, 15) is 13.2 Å². The first-order valence-corrected chi connectivity index (χ1v) is 4.66. The second-order valence-electron chi connectivity index (χ2n) is 3.54. The average Bonchev–Trinajstić information content (AvgIpc) is 1.96. The number of hydrogen-bond donors (Lipinski definition) is 0. The molecule has 0 N–H and O–H groups in total. The summed E-state index contributed by atoms with van der Waals surface area (Å²) >= 11 is 11.0. The molecule has 0 aliphatic rings. The minimum atomic E-state index is -4.15. The van der Waals surface area contributed by atoms with Crippen LogP contribution in [0.15, 0.2) is 12.2 Å². The van der Waals surface area contributed by atoms with Gasteiger partial charge in [0.25, 0.3) is 0 Å². The van der Waals surface area contributed by atoms with Crippen LogP contribution in [0.25, 0.3) is 0 Å². The molecule has 0 aliphatic heterocycles. The molecule has 0 bridgehead atoms. The molecule has 1 nitrogen and oxygen atoms in total. The van der Waals surface area contributed by atoms with Crippen LogP contribution in [-0.2, 0) is 0 Å². The predicted octanol–water partition coefficient (Wildman–Crippen LogP) is 4.27. The van der Waals surface area contributed by atoms with E-state index < -0.39 is 18.1 Å². The van der Waals surface area contributed by atoms with Crippen molar-refractivity contribution in [1.29, 1.82) is 0 Å². The van der Waals surface area contributed by atoms with Crippen molar-refractivity contribution in [2.24, 2.45) is 0 Å². The van der Waals surface area contributed by atoms with Crippen molar-refractivity contribution in [2.45, 2.75) is 38.4 Å². The Balaban J connectivity index is 3.94. The van der Waals surface area contributed by atoms with Gasteiger partial charge in [-0.2, -0.15) is 13.2 Å². The molecule has 6 heteroatoms. The molecule has 0 unspecified atom stereocenters. The summed E-state index contributed by atoms with van der Waals surface area (Å²) < 4.78 is 36.1. The predicted molar refractivity (Wildman–Crippen MR) is 52.1 cm³/mol. The van der Waals surface area contributed by atoms with Gasteiger partial charge in [-0.25, -0.2) is 0 Å². The maximum atomic E-state index is 11.7. The molecule has 84 valence electrons. The van der Waals surface area contributed by atoms with Crippen LogP contribution in [0, 0.1) is 0 Å². The number of nitrogens with zero attached hydrogens (tertiary/aromatic N) is 1. The van der Waals surface area contributed by atoms with Gasteiger partial charge in [0.15, 0.2) is 0 Å². The van der Waals surface area contributed by atoms with Crippen molar-refractivity contribution in [3.63, 3.8) is 0 Å². The molecule has 0 rings (SSSR count). The summed E-state index contributed by atoms with van der Waals surface area (Å²) in [5.74, 6) is 0. The van der Waals surface area contributed by atoms with Crippen LogP contribution >= 0.6 is 23.6 Å². The molecule has 0 atom stereocenters. The minimum Gasteiger partial charge on any atom is -0.171 e. The van der Waals surface area contributed by atoms with Gasteiger partial charge in [0.1, 0.15) is 0 Å². The lowest BCUT2D eigenvalue weighted by atomic mass is 10.0. The lowest BCUT2D eigenvalue weighted by Gasteiger charge is -2.25. The normalized spacial score (nSPS) is 14.3. The van der Waals surface area contributed by atoms with E-state index >= 15 is 0 Å². The number of rotatable bonds is 4. The van der Waals surface area contributed by atoms with Crippen LogP contribution < -0.4 is 0 Å². The van der Waals surface area contributed by atoms with Gasteiger partial charge >= 0.3 is 6.18 Å². The lowest BCUT2D eigenvalue weighted by Crippen LogP contribution is -2.29. The van der Waals surface area contributed by atoms with Crippen molar-refractivity contribution in [2.75, 3.05) is 0 Å². The molecule has 0 radical (unpaired) electrons. The molecule has 0 aliphatic carbocycles. The summed E-state index contributed by atoms with van der Waals surface area (Å²) in [6.45, 7) is 3.45. The van der Waals surface area contributed by atoms with Crippen LogP contribution in [0.4, 0.5) is 13.2 Å². The van der Waals surface area contributed by atoms with Gasteiger partial charge in [0.05, 0.1) is 12.0 Å². The maximum absolute atomic E-state index is 11.7. The molecule has 0 fully saturated rings. The van der Waals surface area contributed by atoms with Gasteiger partial charge in [0, 0.05) is 0 Å². The Hall–Kier alpha value is 0.0700. The standard InChI is InChI=1S/C8H12Cl2F3N/c1-7(2,14(9)10)5-3-4-6-8(11,12)13/h3-4H,5-6H2,1-2H3/b4-3+. The summed E-state index contributed by atoms with van der Waals surface area (Å²) in [7, 11) is 0. The summed E-state index contributed by atoms with van der Waals surface area (Å²) in [4.78, 5) is 0. The van der Waals surface area contributed by atoms with Crippen LogP contribution in [-0.4, -0.2) is 15.7 Å². The zero-order valence-electron chi connectivity index (χ0n) is 7.91. The quantitative estimate of drug-likeness (QED) is 0.531. The largest absolute Gasteiger partial charge is 0.392 e. The fourth-order valence-electron chi connectivity index (χ4n) is 0.658. The average molecular weight is 250 g/mol. The van der Waals surface area contributed by atoms with Crippen molar-refractivity contribution in [3.05, 3.63) is 12.2 Å². The zero-order chi connectivity index (χ0) is 11.4. The highest BCUT2D eigenvalue weighted by Gasteiger charge is 2.25. The molecule has 0 aromatic carbocycles. The van der Waals surface area contributed by atoms with Crippen molar-refractivity contribution in [3.8, 4) is 0 Å². The smallest absolute Gasteiger partial charge is 0.171 e. The first-order chi connectivity index (χ1) is 6.15. The molecule has 0 amide bonds. The second-order valence-corrected chi connectivity index (χ2v) is 4.39. The van der Waals surface area contributed by atoms with Crippen molar-refractivity contribution in [1.82, 2.24) is 3.94 Å². The third-order valence-corrected chi connectivity index (χ3v) is 2.51. The van der Waals surface area contributed by atoms with Crippen molar-refractivity contribution >= 4 is 23.6 Å². The Kier molecular flexibility index (Phi) is 5.26.